The van der Waals surface area contributed by atoms with Crippen LogP contribution >= 0.6 is 0 Å². The fourth-order valence-corrected chi connectivity index (χ4v) is 2.16. The lowest BCUT2D eigenvalue weighted by molar-refractivity contribution is -0.133. The van der Waals surface area contributed by atoms with Crippen molar-refractivity contribution in [3.63, 3.8) is 0 Å². The van der Waals surface area contributed by atoms with Gasteiger partial charge in [-0.2, -0.15) is 5.10 Å². The normalized spacial score (nSPS) is 25.1. The molecule has 0 spiro atoms. The Balaban J connectivity index is 2.03. The van der Waals surface area contributed by atoms with Gasteiger partial charge in [0.2, 0.25) is 5.91 Å². The van der Waals surface area contributed by atoms with Gasteiger partial charge in [-0.3, -0.25) is 9.59 Å². The molecule has 0 unspecified atom stereocenters. The average Bonchev–Trinajstić information content (AvgIpc) is 2.41. The summed E-state index contributed by atoms with van der Waals surface area (Å²) in [7, 11) is 1.59. The molecule has 0 bridgehead atoms. The molecule has 0 aromatic carbocycles. The monoisotopic (exact) mass is 253 g/mol. The fraction of sp³-hybridized carbons (Fsp3) is 0.750. The van der Waals surface area contributed by atoms with Crippen molar-refractivity contribution in [2.75, 3.05) is 26.7 Å². The number of hydrazone groups is 1. The van der Waals surface area contributed by atoms with Crippen LogP contribution in [-0.2, 0) is 14.3 Å². The second kappa shape index (κ2) is 5.48. The smallest absolute Gasteiger partial charge is 0.270 e. The first-order valence-corrected chi connectivity index (χ1v) is 6.36. The van der Waals surface area contributed by atoms with E-state index in [1.807, 2.05) is 6.92 Å². The Morgan fingerprint density at radius 1 is 1.50 bits per heavy atom. The maximum absolute atomic E-state index is 12.3. The minimum absolute atomic E-state index is 0.0417. The Morgan fingerprint density at radius 3 is 2.94 bits per heavy atom. The minimum Gasteiger partial charge on any atom is -0.375 e. The van der Waals surface area contributed by atoms with Crippen molar-refractivity contribution in [3.05, 3.63) is 0 Å². The molecule has 1 fully saturated rings. The lowest BCUT2D eigenvalue weighted by Gasteiger charge is -2.33. The number of rotatable bonds is 2. The van der Waals surface area contributed by atoms with Gasteiger partial charge in [0, 0.05) is 33.0 Å². The van der Waals surface area contributed by atoms with Crippen LogP contribution in [0.1, 0.15) is 26.2 Å². The van der Waals surface area contributed by atoms with E-state index in [9.17, 15) is 9.59 Å². The van der Waals surface area contributed by atoms with E-state index in [-0.39, 0.29) is 17.9 Å². The van der Waals surface area contributed by atoms with Gasteiger partial charge in [0.1, 0.15) is 5.71 Å². The van der Waals surface area contributed by atoms with Gasteiger partial charge in [0.25, 0.3) is 5.91 Å². The van der Waals surface area contributed by atoms with E-state index in [0.717, 1.165) is 6.42 Å². The molecule has 6 heteroatoms. The molecule has 0 aromatic heterocycles. The summed E-state index contributed by atoms with van der Waals surface area (Å²) in [5.41, 5.74) is 0.480. The summed E-state index contributed by atoms with van der Waals surface area (Å²) < 4.78 is 5.53. The van der Waals surface area contributed by atoms with Gasteiger partial charge >= 0.3 is 0 Å². The number of hydrogen-bond acceptors (Lipinski definition) is 4. The maximum atomic E-state index is 12.3. The van der Waals surface area contributed by atoms with E-state index in [1.54, 1.807) is 11.9 Å². The highest BCUT2D eigenvalue weighted by molar-refractivity contribution is 6.39. The third-order valence-corrected chi connectivity index (χ3v) is 3.34. The van der Waals surface area contributed by atoms with Crippen LogP contribution in [0.15, 0.2) is 5.10 Å². The Morgan fingerprint density at radius 2 is 2.28 bits per heavy atom. The van der Waals surface area contributed by atoms with Crippen molar-refractivity contribution in [2.24, 2.45) is 5.10 Å². The lowest BCUT2D eigenvalue weighted by atomic mass is 10.1. The first-order chi connectivity index (χ1) is 8.61. The van der Waals surface area contributed by atoms with E-state index in [4.69, 9.17) is 4.74 Å². The third-order valence-electron chi connectivity index (χ3n) is 3.34. The van der Waals surface area contributed by atoms with Gasteiger partial charge in [-0.05, 0) is 6.42 Å². The van der Waals surface area contributed by atoms with Gasteiger partial charge in [-0.25, -0.2) is 5.01 Å². The highest BCUT2D eigenvalue weighted by atomic mass is 16.5. The summed E-state index contributed by atoms with van der Waals surface area (Å²) in [4.78, 5) is 25.4. The van der Waals surface area contributed by atoms with Gasteiger partial charge in [0.05, 0.1) is 12.7 Å². The molecular formula is C12H19N3O3. The molecular weight excluding hydrogens is 234 g/mol. The Labute approximate surface area is 107 Å². The van der Waals surface area contributed by atoms with Crippen molar-refractivity contribution in [2.45, 2.75) is 32.3 Å². The zero-order valence-corrected chi connectivity index (χ0v) is 10.9. The average molecular weight is 253 g/mol. The van der Waals surface area contributed by atoms with Crippen LogP contribution in [-0.4, -0.2) is 60.3 Å². The van der Waals surface area contributed by atoms with Crippen molar-refractivity contribution >= 4 is 17.5 Å². The van der Waals surface area contributed by atoms with Crippen molar-refractivity contribution in [1.82, 2.24) is 9.91 Å². The van der Waals surface area contributed by atoms with Crippen LogP contribution in [0.3, 0.4) is 0 Å². The number of hydrogen-bond donors (Lipinski definition) is 0. The first kappa shape index (κ1) is 13.0. The third kappa shape index (κ3) is 2.69. The van der Waals surface area contributed by atoms with Crippen LogP contribution in [0, 0.1) is 0 Å². The van der Waals surface area contributed by atoms with Gasteiger partial charge in [0.15, 0.2) is 0 Å². The molecule has 100 valence electrons. The topological polar surface area (TPSA) is 62.2 Å². The number of amides is 2. The molecule has 2 amide bonds. The second-order valence-electron chi connectivity index (χ2n) is 4.62. The van der Waals surface area contributed by atoms with Crippen LogP contribution in [0.2, 0.25) is 0 Å². The summed E-state index contributed by atoms with van der Waals surface area (Å²) in [6.45, 7) is 3.84. The van der Waals surface area contributed by atoms with E-state index in [0.29, 0.717) is 38.2 Å². The minimum atomic E-state index is -0.0592. The van der Waals surface area contributed by atoms with Gasteiger partial charge in [-0.1, -0.05) is 6.92 Å². The number of carbonyl (C=O) groups excluding carboxylic acids is 2. The number of ether oxygens (including phenoxy) is 1. The Hall–Kier alpha value is -1.43. The maximum Gasteiger partial charge on any atom is 0.270 e. The van der Waals surface area contributed by atoms with Gasteiger partial charge in [-0.15, -0.1) is 0 Å². The molecule has 18 heavy (non-hydrogen) atoms. The summed E-state index contributed by atoms with van der Waals surface area (Å²) >= 11 is 0. The summed E-state index contributed by atoms with van der Waals surface area (Å²) in [6, 6.07) is 0. The van der Waals surface area contributed by atoms with E-state index in [2.05, 4.69) is 5.10 Å². The highest BCUT2D eigenvalue weighted by Gasteiger charge is 2.29. The number of morpholine rings is 1. The predicted octanol–water partition coefficient (Wildman–Crippen LogP) is 0.232. The lowest BCUT2D eigenvalue weighted by Crippen LogP contribution is -2.49. The molecule has 0 N–H and O–H groups in total. The highest BCUT2D eigenvalue weighted by Crippen LogP contribution is 2.13. The van der Waals surface area contributed by atoms with Crippen molar-refractivity contribution in [3.8, 4) is 0 Å². The van der Waals surface area contributed by atoms with Crippen LogP contribution in [0.5, 0.6) is 0 Å². The van der Waals surface area contributed by atoms with E-state index < -0.39 is 0 Å². The Kier molecular flexibility index (Phi) is 3.96. The standard InChI is InChI=1S/C12H19N3O3/c1-3-9-8-15(6-7-18-9)12(17)10-4-5-11(16)14(2)13-10/h9H,3-8H2,1-2H3/t9-/m0/s1. The molecule has 2 rings (SSSR count). The zero-order chi connectivity index (χ0) is 13.1. The molecule has 6 nitrogen and oxygen atoms in total. The van der Waals surface area contributed by atoms with E-state index >= 15 is 0 Å². The first-order valence-electron chi connectivity index (χ1n) is 6.36. The molecule has 0 saturated carbocycles. The quantitative estimate of drug-likeness (QED) is 0.708. The largest absolute Gasteiger partial charge is 0.375 e. The predicted molar refractivity (Wildman–Crippen MR) is 66.1 cm³/mol. The number of carbonyl (C=O) groups is 2. The van der Waals surface area contributed by atoms with Crippen molar-refractivity contribution < 1.29 is 14.3 Å². The van der Waals surface area contributed by atoms with Crippen LogP contribution in [0.25, 0.3) is 0 Å². The number of nitrogens with zero attached hydrogens (tertiary/aromatic N) is 3. The molecule has 0 aromatic rings. The van der Waals surface area contributed by atoms with Crippen LogP contribution in [0.4, 0.5) is 0 Å². The molecule has 1 saturated heterocycles. The summed E-state index contributed by atoms with van der Waals surface area (Å²) in [6.07, 6.45) is 1.82. The zero-order valence-electron chi connectivity index (χ0n) is 10.9. The summed E-state index contributed by atoms with van der Waals surface area (Å²) in [5.74, 6) is -0.101. The fourth-order valence-electron chi connectivity index (χ4n) is 2.16. The molecule has 2 heterocycles. The second-order valence-corrected chi connectivity index (χ2v) is 4.62. The molecule has 2 aliphatic rings. The van der Waals surface area contributed by atoms with Gasteiger partial charge < -0.3 is 9.64 Å². The van der Waals surface area contributed by atoms with Crippen molar-refractivity contribution in [1.29, 1.82) is 0 Å². The van der Waals surface area contributed by atoms with E-state index in [1.165, 1.54) is 5.01 Å². The van der Waals surface area contributed by atoms with Crippen LogP contribution < -0.4 is 0 Å². The molecule has 0 aliphatic carbocycles. The molecule has 1 atom stereocenters. The molecule has 0 radical (unpaired) electrons. The SMILES string of the molecule is CC[C@H]1CN(C(=O)C2=NN(C)C(=O)CC2)CCO1. The molecule has 2 aliphatic heterocycles. The Bertz CT molecular complexity index is 381. The summed E-state index contributed by atoms with van der Waals surface area (Å²) in [5, 5.41) is 5.32.